The van der Waals surface area contributed by atoms with Gasteiger partial charge in [-0.05, 0) is 43.2 Å². The lowest BCUT2D eigenvalue weighted by molar-refractivity contribution is 0.0464. The molecule has 146 valence electrons. The van der Waals surface area contributed by atoms with Crippen LogP contribution < -0.4 is 0 Å². The van der Waals surface area contributed by atoms with Gasteiger partial charge in [-0.3, -0.25) is 0 Å². The van der Waals surface area contributed by atoms with Crippen LogP contribution in [0.15, 0.2) is 47.4 Å². The third-order valence-corrected chi connectivity index (χ3v) is 6.53. The summed E-state index contributed by atoms with van der Waals surface area (Å²) in [5.41, 5.74) is 0.189. The van der Waals surface area contributed by atoms with E-state index in [4.69, 9.17) is 10.00 Å². The maximum atomic E-state index is 13.9. The van der Waals surface area contributed by atoms with E-state index in [0.717, 1.165) is 25.3 Å². The van der Waals surface area contributed by atoms with Gasteiger partial charge >= 0.3 is 5.97 Å². The summed E-state index contributed by atoms with van der Waals surface area (Å²) in [6, 6.07) is 11.5. The molecule has 0 atom stereocenters. The zero-order valence-corrected chi connectivity index (χ0v) is 15.9. The molecule has 6 nitrogen and oxygen atoms in total. The highest BCUT2D eigenvalue weighted by molar-refractivity contribution is 7.89. The lowest BCUT2D eigenvalue weighted by Gasteiger charge is -2.26. The van der Waals surface area contributed by atoms with Crippen LogP contribution in [0.25, 0.3) is 0 Å². The number of halogens is 1. The smallest absolute Gasteiger partial charge is 0.339 e. The van der Waals surface area contributed by atoms with Gasteiger partial charge < -0.3 is 4.74 Å². The van der Waals surface area contributed by atoms with Crippen LogP contribution in [0.5, 0.6) is 0 Å². The average molecular weight is 402 g/mol. The molecule has 1 saturated heterocycles. The van der Waals surface area contributed by atoms with Crippen molar-refractivity contribution in [2.24, 2.45) is 0 Å². The van der Waals surface area contributed by atoms with E-state index in [-0.39, 0.29) is 21.6 Å². The molecule has 0 saturated carbocycles. The van der Waals surface area contributed by atoms with E-state index in [1.165, 1.54) is 28.6 Å². The fourth-order valence-corrected chi connectivity index (χ4v) is 4.78. The van der Waals surface area contributed by atoms with Crippen LogP contribution in [0, 0.1) is 17.1 Å². The van der Waals surface area contributed by atoms with Crippen molar-refractivity contribution >= 4 is 16.0 Å². The molecule has 8 heteroatoms. The molecule has 0 bridgehead atoms. The number of rotatable bonds is 5. The number of benzene rings is 2. The Bertz CT molecular complexity index is 1020. The van der Waals surface area contributed by atoms with E-state index < -0.39 is 28.4 Å². The maximum Gasteiger partial charge on any atom is 0.339 e. The van der Waals surface area contributed by atoms with Crippen LogP contribution in [0.1, 0.15) is 40.7 Å². The van der Waals surface area contributed by atoms with Crippen molar-refractivity contribution in [3.05, 3.63) is 65.0 Å². The van der Waals surface area contributed by atoms with Crippen molar-refractivity contribution in [2.75, 3.05) is 13.1 Å². The molecule has 2 aromatic rings. The fourth-order valence-electron chi connectivity index (χ4n) is 3.08. The van der Waals surface area contributed by atoms with Gasteiger partial charge in [-0.1, -0.05) is 18.6 Å². The highest BCUT2D eigenvalue weighted by Gasteiger charge is 2.30. The lowest BCUT2D eigenvalue weighted by atomic mass is 10.1. The Morgan fingerprint density at radius 3 is 2.57 bits per heavy atom. The summed E-state index contributed by atoms with van der Waals surface area (Å²) in [5.74, 6) is -1.47. The number of carbonyl (C=O) groups excluding carboxylic acids is 1. The molecule has 3 rings (SSSR count). The van der Waals surface area contributed by atoms with Gasteiger partial charge in [0.2, 0.25) is 10.0 Å². The third-order valence-electron chi connectivity index (χ3n) is 4.57. The van der Waals surface area contributed by atoms with E-state index >= 15 is 0 Å². The van der Waals surface area contributed by atoms with Crippen LogP contribution in [0.3, 0.4) is 0 Å². The van der Waals surface area contributed by atoms with Crippen molar-refractivity contribution in [1.29, 1.82) is 5.26 Å². The van der Waals surface area contributed by atoms with Crippen molar-refractivity contribution in [3.8, 4) is 6.07 Å². The number of hydrogen-bond acceptors (Lipinski definition) is 5. The van der Waals surface area contributed by atoms with Crippen molar-refractivity contribution in [1.82, 2.24) is 4.31 Å². The van der Waals surface area contributed by atoms with Crippen LogP contribution in [0.2, 0.25) is 0 Å². The Morgan fingerprint density at radius 2 is 1.86 bits per heavy atom. The Morgan fingerprint density at radius 1 is 1.14 bits per heavy atom. The summed E-state index contributed by atoms with van der Waals surface area (Å²) in [6.07, 6.45) is 2.53. The van der Waals surface area contributed by atoms with Crippen LogP contribution >= 0.6 is 0 Å². The number of ether oxygens (including phenoxy) is 1. The fraction of sp³-hybridized carbons (Fsp3) is 0.300. The highest BCUT2D eigenvalue weighted by atomic mass is 32.2. The summed E-state index contributed by atoms with van der Waals surface area (Å²) in [6.45, 7) is 0.425. The van der Waals surface area contributed by atoms with E-state index in [0.29, 0.717) is 13.1 Å². The van der Waals surface area contributed by atoms with E-state index in [1.807, 2.05) is 6.07 Å². The van der Waals surface area contributed by atoms with Gasteiger partial charge in [0, 0.05) is 18.7 Å². The van der Waals surface area contributed by atoms with Crippen LogP contribution in [-0.4, -0.2) is 31.8 Å². The third kappa shape index (κ3) is 4.21. The number of piperidine rings is 1. The first-order valence-corrected chi connectivity index (χ1v) is 10.3. The Labute approximate surface area is 163 Å². The number of carbonyl (C=O) groups is 1. The first-order valence-electron chi connectivity index (χ1n) is 8.88. The topological polar surface area (TPSA) is 87.5 Å². The molecule has 1 aliphatic heterocycles. The largest absolute Gasteiger partial charge is 0.457 e. The zero-order chi connectivity index (χ0) is 20.1. The van der Waals surface area contributed by atoms with Crippen molar-refractivity contribution in [3.63, 3.8) is 0 Å². The summed E-state index contributed by atoms with van der Waals surface area (Å²) < 4.78 is 46.3. The van der Waals surface area contributed by atoms with Gasteiger partial charge in [-0.2, -0.15) is 9.57 Å². The predicted molar refractivity (Wildman–Crippen MR) is 99.3 cm³/mol. The Balaban J connectivity index is 1.83. The number of hydrogen-bond donors (Lipinski definition) is 0. The second kappa shape index (κ2) is 8.50. The molecule has 1 fully saturated rings. The predicted octanol–water partition coefficient (Wildman–Crippen LogP) is 3.23. The second-order valence-electron chi connectivity index (χ2n) is 6.46. The van der Waals surface area contributed by atoms with Gasteiger partial charge in [-0.25, -0.2) is 17.6 Å². The molecule has 2 aromatic carbocycles. The highest BCUT2D eigenvalue weighted by Crippen LogP contribution is 2.24. The second-order valence-corrected chi connectivity index (χ2v) is 8.36. The van der Waals surface area contributed by atoms with E-state index in [9.17, 15) is 17.6 Å². The molecule has 1 aliphatic rings. The van der Waals surface area contributed by atoms with Crippen LogP contribution in [-0.2, 0) is 21.4 Å². The average Bonchev–Trinajstić information content (AvgIpc) is 2.73. The quantitative estimate of drug-likeness (QED) is 0.717. The summed E-state index contributed by atoms with van der Waals surface area (Å²) >= 11 is 0. The van der Waals surface area contributed by atoms with Gasteiger partial charge in [0.15, 0.2) is 0 Å². The number of nitriles is 1. The van der Waals surface area contributed by atoms with Gasteiger partial charge in [0.1, 0.15) is 12.4 Å². The summed E-state index contributed by atoms with van der Waals surface area (Å²) in [5, 5.41) is 8.91. The van der Waals surface area contributed by atoms with E-state index in [2.05, 4.69) is 0 Å². The Hall–Kier alpha value is -2.76. The van der Waals surface area contributed by atoms with Crippen molar-refractivity contribution < 1.29 is 22.3 Å². The van der Waals surface area contributed by atoms with Crippen LogP contribution in [0.4, 0.5) is 4.39 Å². The standard InChI is InChI=1S/C20H19FN2O4S/c21-18-9-8-15(13-22)12-16(18)14-27-20(24)17-6-2-3-7-19(17)28(25,26)23-10-4-1-5-11-23/h2-3,6-9,12H,1,4-5,10-11,14H2. The minimum atomic E-state index is -3.82. The molecule has 0 aromatic heterocycles. The first kappa shape index (κ1) is 20.0. The first-order chi connectivity index (χ1) is 13.4. The number of nitrogens with zero attached hydrogens (tertiary/aromatic N) is 2. The monoisotopic (exact) mass is 402 g/mol. The summed E-state index contributed by atoms with van der Waals surface area (Å²) in [4.78, 5) is 12.4. The number of esters is 1. The minimum Gasteiger partial charge on any atom is -0.457 e. The molecule has 0 aliphatic carbocycles. The summed E-state index contributed by atoms with van der Waals surface area (Å²) in [7, 11) is -3.82. The van der Waals surface area contributed by atoms with E-state index in [1.54, 1.807) is 12.1 Å². The Kier molecular flexibility index (Phi) is 6.07. The van der Waals surface area contributed by atoms with Crippen molar-refractivity contribution in [2.45, 2.75) is 30.8 Å². The molecular formula is C20H19FN2O4S. The zero-order valence-electron chi connectivity index (χ0n) is 15.1. The normalized spacial score (nSPS) is 15.0. The SMILES string of the molecule is N#Cc1ccc(F)c(COC(=O)c2ccccc2S(=O)(=O)N2CCCCC2)c1. The molecule has 28 heavy (non-hydrogen) atoms. The molecule has 0 radical (unpaired) electrons. The lowest BCUT2D eigenvalue weighted by Crippen LogP contribution is -2.36. The van der Waals surface area contributed by atoms with Gasteiger partial charge in [0.25, 0.3) is 0 Å². The molecule has 0 N–H and O–H groups in total. The maximum absolute atomic E-state index is 13.9. The minimum absolute atomic E-state index is 0.0452. The molecular weight excluding hydrogens is 383 g/mol. The molecule has 0 unspecified atom stereocenters. The number of sulfonamides is 1. The molecule has 1 heterocycles. The van der Waals surface area contributed by atoms with Gasteiger partial charge in [-0.15, -0.1) is 0 Å². The van der Waals surface area contributed by atoms with Gasteiger partial charge in [0.05, 0.1) is 22.1 Å². The molecule has 0 spiro atoms. The molecule has 0 amide bonds.